The first-order valence-electron chi connectivity index (χ1n) is 9.81. The summed E-state index contributed by atoms with van der Waals surface area (Å²) in [6.07, 6.45) is 3.26. The summed E-state index contributed by atoms with van der Waals surface area (Å²) in [4.78, 5) is 24.8. The predicted molar refractivity (Wildman–Crippen MR) is 115 cm³/mol. The molecule has 6 nitrogen and oxygen atoms in total. The van der Waals surface area contributed by atoms with Gasteiger partial charge < -0.3 is 9.47 Å². The maximum absolute atomic E-state index is 12.4. The first-order chi connectivity index (χ1) is 14.5. The number of carbonyl (C=O) groups is 2. The Bertz CT molecular complexity index is 1030. The number of carbonyl (C=O) groups excluding carboxylic acids is 2. The third-order valence-corrected chi connectivity index (χ3v) is 4.38. The highest BCUT2D eigenvalue weighted by molar-refractivity contribution is 6.18. The van der Waals surface area contributed by atoms with E-state index in [0.717, 1.165) is 16.8 Å². The van der Waals surface area contributed by atoms with Gasteiger partial charge in [-0.05, 0) is 39.0 Å². The number of para-hydroxylation sites is 1. The van der Waals surface area contributed by atoms with Crippen LogP contribution in [0.5, 0.6) is 0 Å². The van der Waals surface area contributed by atoms with E-state index in [1.807, 2.05) is 61.5 Å². The van der Waals surface area contributed by atoms with E-state index in [1.54, 1.807) is 24.7 Å². The zero-order valence-corrected chi connectivity index (χ0v) is 17.3. The standard InChI is InChI=1S/C24H24N2O4/c1-4-29-23(27)21(24(28)30-5-2)15-19-16-26(20-9-7-6-8-10-20)25-22(19)18-13-11-17(3)12-14-18/h6-16H,4-5H2,1-3H3. The number of benzene rings is 2. The Kier molecular flexibility index (Phi) is 6.80. The number of ether oxygens (including phenoxy) is 2. The number of hydrogen-bond donors (Lipinski definition) is 0. The van der Waals surface area contributed by atoms with Crippen molar-refractivity contribution in [2.24, 2.45) is 0 Å². The monoisotopic (exact) mass is 404 g/mol. The first kappa shape index (κ1) is 21.0. The van der Waals surface area contributed by atoms with Gasteiger partial charge in [0.25, 0.3) is 0 Å². The quantitative estimate of drug-likeness (QED) is 0.253. The molecule has 0 atom stereocenters. The van der Waals surface area contributed by atoms with Crippen molar-refractivity contribution in [3.63, 3.8) is 0 Å². The van der Waals surface area contributed by atoms with E-state index < -0.39 is 11.9 Å². The molecule has 0 saturated heterocycles. The van der Waals surface area contributed by atoms with Gasteiger partial charge in [0.1, 0.15) is 5.57 Å². The molecule has 6 heteroatoms. The normalized spacial score (nSPS) is 10.4. The second-order valence-electron chi connectivity index (χ2n) is 6.58. The van der Waals surface area contributed by atoms with E-state index in [1.165, 1.54) is 6.08 Å². The molecule has 154 valence electrons. The Morgan fingerprint density at radius 3 is 2.10 bits per heavy atom. The zero-order chi connectivity index (χ0) is 21.5. The third kappa shape index (κ3) is 4.84. The second kappa shape index (κ2) is 9.69. The summed E-state index contributed by atoms with van der Waals surface area (Å²) in [5.74, 6) is -1.45. The predicted octanol–water partition coefficient (Wildman–Crippen LogP) is 4.36. The minimum absolute atomic E-state index is 0.156. The van der Waals surface area contributed by atoms with Crippen molar-refractivity contribution in [3.8, 4) is 16.9 Å². The lowest BCUT2D eigenvalue weighted by molar-refractivity contribution is -0.146. The number of aromatic nitrogens is 2. The molecule has 30 heavy (non-hydrogen) atoms. The van der Waals surface area contributed by atoms with Gasteiger partial charge in [0.05, 0.1) is 24.6 Å². The second-order valence-corrected chi connectivity index (χ2v) is 6.58. The fraction of sp³-hybridized carbons (Fsp3) is 0.208. The Labute approximate surface area is 175 Å². The van der Waals surface area contributed by atoms with Crippen LogP contribution in [-0.2, 0) is 19.1 Å². The number of rotatable bonds is 7. The number of esters is 2. The highest BCUT2D eigenvalue weighted by atomic mass is 16.6. The Balaban J connectivity index is 2.15. The number of hydrogen-bond acceptors (Lipinski definition) is 5. The summed E-state index contributed by atoms with van der Waals surface area (Å²) in [6.45, 7) is 5.69. The van der Waals surface area contributed by atoms with Crippen molar-refractivity contribution >= 4 is 18.0 Å². The fourth-order valence-corrected chi connectivity index (χ4v) is 2.92. The van der Waals surface area contributed by atoms with E-state index in [-0.39, 0.29) is 18.8 Å². The average molecular weight is 404 g/mol. The van der Waals surface area contributed by atoms with Crippen molar-refractivity contribution in [2.45, 2.75) is 20.8 Å². The summed E-state index contributed by atoms with van der Waals surface area (Å²) in [6, 6.07) is 17.5. The van der Waals surface area contributed by atoms with Crippen LogP contribution in [-0.4, -0.2) is 34.9 Å². The van der Waals surface area contributed by atoms with Gasteiger partial charge in [-0.15, -0.1) is 0 Å². The number of aryl methyl sites for hydroxylation is 1. The Hall–Kier alpha value is -3.67. The maximum Gasteiger partial charge on any atom is 0.345 e. The summed E-state index contributed by atoms with van der Waals surface area (Å²) in [5, 5.41) is 4.71. The van der Waals surface area contributed by atoms with Crippen molar-refractivity contribution in [2.75, 3.05) is 13.2 Å². The van der Waals surface area contributed by atoms with Crippen LogP contribution in [0.25, 0.3) is 23.0 Å². The molecule has 0 aliphatic rings. The van der Waals surface area contributed by atoms with Crippen molar-refractivity contribution in [3.05, 3.63) is 77.5 Å². The maximum atomic E-state index is 12.4. The lowest BCUT2D eigenvalue weighted by Crippen LogP contribution is -2.18. The molecule has 0 N–H and O–H groups in total. The van der Waals surface area contributed by atoms with E-state index in [4.69, 9.17) is 14.6 Å². The molecule has 2 aromatic carbocycles. The summed E-state index contributed by atoms with van der Waals surface area (Å²) < 4.78 is 11.8. The molecular formula is C24H24N2O4. The lowest BCUT2D eigenvalue weighted by Gasteiger charge is -2.07. The molecule has 0 spiro atoms. The van der Waals surface area contributed by atoms with E-state index >= 15 is 0 Å². The molecule has 0 aliphatic carbocycles. The van der Waals surface area contributed by atoms with Crippen LogP contribution in [0, 0.1) is 6.92 Å². The first-order valence-corrected chi connectivity index (χ1v) is 9.81. The molecule has 0 amide bonds. The molecule has 3 rings (SSSR count). The van der Waals surface area contributed by atoms with Crippen LogP contribution in [0.3, 0.4) is 0 Å². The highest BCUT2D eigenvalue weighted by Gasteiger charge is 2.23. The van der Waals surface area contributed by atoms with Crippen LogP contribution in [0.1, 0.15) is 25.0 Å². The minimum atomic E-state index is -0.724. The van der Waals surface area contributed by atoms with Gasteiger partial charge in [-0.1, -0.05) is 48.0 Å². The lowest BCUT2D eigenvalue weighted by atomic mass is 10.0. The summed E-state index contributed by atoms with van der Waals surface area (Å²) in [5.41, 5.74) is 3.94. The van der Waals surface area contributed by atoms with E-state index in [0.29, 0.717) is 11.3 Å². The summed E-state index contributed by atoms with van der Waals surface area (Å²) in [7, 11) is 0. The van der Waals surface area contributed by atoms with Crippen LogP contribution >= 0.6 is 0 Å². The topological polar surface area (TPSA) is 70.4 Å². The number of nitrogens with zero attached hydrogens (tertiary/aromatic N) is 2. The Morgan fingerprint density at radius 2 is 1.53 bits per heavy atom. The van der Waals surface area contributed by atoms with Gasteiger partial charge in [-0.2, -0.15) is 5.10 Å². The van der Waals surface area contributed by atoms with Crippen LogP contribution in [0.4, 0.5) is 0 Å². The van der Waals surface area contributed by atoms with Gasteiger partial charge in [0, 0.05) is 17.3 Å². The molecule has 0 radical (unpaired) electrons. The summed E-state index contributed by atoms with van der Waals surface area (Å²) >= 11 is 0. The minimum Gasteiger partial charge on any atom is -0.462 e. The molecular weight excluding hydrogens is 380 g/mol. The zero-order valence-electron chi connectivity index (χ0n) is 17.3. The van der Waals surface area contributed by atoms with E-state index in [2.05, 4.69) is 0 Å². The average Bonchev–Trinajstić information content (AvgIpc) is 3.17. The largest absolute Gasteiger partial charge is 0.462 e. The van der Waals surface area contributed by atoms with Gasteiger partial charge in [-0.25, -0.2) is 14.3 Å². The van der Waals surface area contributed by atoms with E-state index in [9.17, 15) is 9.59 Å². The smallest absolute Gasteiger partial charge is 0.345 e. The molecule has 0 unspecified atom stereocenters. The van der Waals surface area contributed by atoms with Crippen molar-refractivity contribution in [1.82, 2.24) is 9.78 Å². The molecule has 0 aliphatic heterocycles. The molecule has 1 aromatic heterocycles. The molecule has 1 heterocycles. The van der Waals surface area contributed by atoms with Crippen LogP contribution in [0.15, 0.2) is 66.4 Å². The molecule has 0 saturated carbocycles. The van der Waals surface area contributed by atoms with Crippen LogP contribution in [0.2, 0.25) is 0 Å². The molecule has 0 fully saturated rings. The third-order valence-electron chi connectivity index (χ3n) is 4.38. The fourth-order valence-electron chi connectivity index (χ4n) is 2.92. The van der Waals surface area contributed by atoms with Gasteiger partial charge in [0.2, 0.25) is 0 Å². The van der Waals surface area contributed by atoms with Crippen molar-refractivity contribution < 1.29 is 19.1 Å². The SMILES string of the molecule is CCOC(=O)C(=Cc1cn(-c2ccccc2)nc1-c1ccc(C)cc1)C(=O)OCC. The highest BCUT2D eigenvalue weighted by Crippen LogP contribution is 2.26. The van der Waals surface area contributed by atoms with Gasteiger partial charge in [0.15, 0.2) is 0 Å². The van der Waals surface area contributed by atoms with Crippen molar-refractivity contribution in [1.29, 1.82) is 0 Å². The van der Waals surface area contributed by atoms with Gasteiger partial charge in [-0.3, -0.25) is 0 Å². The Morgan fingerprint density at radius 1 is 0.933 bits per heavy atom. The molecule has 3 aromatic rings. The van der Waals surface area contributed by atoms with Crippen LogP contribution < -0.4 is 0 Å². The van der Waals surface area contributed by atoms with Gasteiger partial charge >= 0.3 is 11.9 Å². The molecule has 0 bridgehead atoms.